The van der Waals surface area contributed by atoms with Gasteiger partial charge in [0.25, 0.3) is 0 Å². The Morgan fingerprint density at radius 3 is 2.47 bits per heavy atom. The number of nitrogens with zero attached hydrogens (tertiary/aromatic N) is 1. The maximum atomic E-state index is 12.1. The fourth-order valence-electron chi connectivity index (χ4n) is 1.67. The average Bonchev–Trinajstić information content (AvgIpc) is 2.14. The van der Waals surface area contributed by atoms with Crippen LogP contribution >= 0.6 is 0 Å². The topological polar surface area (TPSA) is 37.4 Å². The molecule has 86 valence electrons. The molecule has 1 unspecified atom stereocenters. The monoisotopic (exact) mass is 211 g/mol. The van der Waals surface area contributed by atoms with Gasteiger partial charge in [-0.05, 0) is 11.8 Å². The number of hydrogen-bond acceptors (Lipinski definition) is 2. The summed E-state index contributed by atoms with van der Waals surface area (Å²) in [6.45, 7) is 9.18. The van der Waals surface area contributed by atoms with Gasteiger partial charge in [0.15, 0.2) is 5.78 Å². The summed E-state index contributed by atoms with van der Waals surface area (Å²) >= 11 is 0. The largest absolute Gasteiger partial charge is 0.335 e. The lowest BCUT2D eigenvalue weighted by atomic mass is 9.81. The number of hydrogen-bond donors (Lipinski definition) is 0. The molecule has 15 heavy (non-hydrogen) atoms. The van der Waals surface area contributed by atoms with E-state index in [4.69, 9.17) is 0 Å². The Bertz CT molecular complexity index is 265. The summed E-state index contributed by atoms with van der Waals surface area (Å²) in [5, 5.41) is 0. The van der Waals surface area contributed by atoms with Gasteiger partial charge in [-0.15, -0.1) is 0 Å². The third kappa shape index (κ3) is 3.05. The van der Waals surface area contributed by atoms with Gasteiger partial charge in [0.05, 0.1) is 6.54 Å². The molecule has 1 aliphatic rings. The van der Waals surface area contributed by atoms with Crippen LogP contribution in [0.4, 0.5) is 0 Å². The van der Waals surface area contributed by atoms with Crippen molar-refractivity contribution in [2.75, 3.05) is 13.1 Å². The molecule has 0 spiro atoms. The van der Waals surface area contributed by atoms with Crippen LogP contribution in [0.1, 0.15) is 40.5 Å². The molecule has 3 heteroatoms. The maximum Gasteiger partial charge on any atom is 0.226 e. The van der Waals surface area contributed by atoms with Gasteiger partial charge in [-0.1, -0.05) is 27.7 Å². The quantitative estimate of drug-likeness (QED) is 0.664. The molecule has 1 heterocycles. The molecule has 1 atom stereocenters. The Hall–Kier alpha value is -0.860. The SMILES string of the molecule is CC(C(=O)N1CCCC(=O)C1)C(C)(C)C. The molecule has 0 aromatic rings. The molecule has 1 aliphatic heterocycles. The van der Waals surface area contributed by atoms with E-state index in [2.05, 4.69) is 20.8 Å². The summed E-state index contributed by atoms with van der Waals surface area (Å²) in [6.07, 6.45) is 1.45. The van der Waals surface area contributed by atoms with Crippen molar-refractivity contribution in [1.29, 1.82) is 0 Å². The number of Topliss-reactive ketones (excluding diaryl/α,β-unsaturated/α-hetero) is 1. The molecule has 0 N–H and O–H groups in total. The van der Waals surface area contributed by atoms with Gasteiger partial charge in [0, 0.05) is 18.9 Å². The highest BCUT2D eigenvalue weighted by Crippen LogP contribution is 2.27. The molecule has 0 aliphatic carbocycles. The molecule has 0 aromatic heterocycles. The van der Waals surface area contributed by atoms with Gasteiger partial charge in [-0.25, -0.2) is 0 Å². The minimum Gasteiger partial charge on any atom is -0.335 e. The lowest BCUT2D eigenvalue weighted by molar-refractivity contribution is -0.143. The number of carbonyl (C=O) groups is 2. The molecule has 1 amide bonds. The van der Waals surface area contributed by atoms with Crippen LogP contribution in [0.15, 0.2) is 0 Å². The van der Waals surface area contributed by atoms with Crippen molar-refractivity contribution in [3.63, 3.8) is 0 Å². The molecule has 0 bridgehead atoms. The second-order valence-corrected chi connectivity index (χ2v) is 5.49. The zero-order chi connectivity index (χ0) is 11.6. The molecular weight excluding hydrogens is 190 g/mol. The van der Waals surface area contributed by atoms with Crippen molar-refractivity contribution >= 4 is 11.7 Å². The predicted molar refractivity (Wildman–Crippen MR) is 59.4 cm³/mol. The van der Waals surface area contributed by atoms with Crippen LogP contribution in [-0.4, -0.2) is 29.7 Å². The van der Waals surface area contributed by atoms with E-state index in [0.29, 0.717) is 13.0 Å². The molecule has 0 aromatic carbocycles. The molecule has 0 radical (unpaired) electrons. The van der Waals surface area contributed by atoms with Crippen LogP contribution in [0, 0.1) is 11.3 Å². The summed E-state index contributed by atoms with van der Waals surface area (Å²) < 4.78 is 0. The van der Waals surface area contributed by atoms with Crippen LogP contribution in [0.5, 0.6) is 0 Å². The van der Waals surface area contributed by atoms with Crippen molar-refractivity contribution < 1.29 is 9.59 Å². The maximum absolute atomic E-state index is 12.1. The van der Waals surface area contributed by atoms with Gasteiger partial charge in [0.2, 0.25) is 5.91 Å². The Balaban J connectivity index is 2.64. The molecule has 1 fully saturated rings. The summed E-state index contributed by atoms with van der Waals surface area (Å²) in [7, 11) is 0. The fraction of sp³-hybridized carbons (Fsp3) is 0.833. The summed E-state index contributed by atoms with van der Waals surface area (Å²) in [5.41, 5.74) is -0.0302. The highest BCUT2D eigenvalue weighted by atomic mass is 16.2. The van der Waals surface area contributed by atoms with E-state index >= 15 is 0 Å². The van der Waals surface area contributed by atoms with Crippen molar-refractivity contribution in [2.45, 2.75) is 40.5 Å². The minimum absolute atomic E-state index is 0.0246. The van der Waals surface area contributed by atoms with E-state index in [1.807, 2.05) is 6.92 Å². The van der Waals surface area contributed by atoms with Gasteiger partial charge in [-0.2, -0.15) is 0 Å². The third-order valence-electron chi connectivity index (χ3n) is 3.23. The zero-order valence-electron chi connectivity index (χ0n) is 10.2. The standard InChI is InChI=1S/C12H21NO2/c1-9(12(2,3)4)11(15)13-7-5-6-10(14)8-13/h9H,5-8H2,1-4H3. The molecule has 0 saturated carbocycles. The summed E-state index contributed by atoms with van der Waals surface area (Å²) in [6, 6.07) is 0. The number of carbonyl (C=O) groups excluding carboxylic acids is 2. The molecule has 1 saturated heterocycles. The third-order valence-corrected chi connectivity index (χ3v) is 3.23. The first-order chi connectivity index (χ1) is 6.82. The Kier molecular flexibility index (Phi) is 3.53. The van der Waals surface area contributed by atoms with Gasteiger partial charge < -0.3 is 4.90 Å². The number of amides is 1. The average molecular weight is 211 g/mol. The van der Waals surface area contributed by atoms with E-state index in [-0.39, 0.29) is 23.0 Å². The van der Waals surface area contributed by atoms with Crippen LogP contribution in [0.3, 0.4) is 0 Å². The fourth-order valence-corrected chi connectivity index (χ4v) is 1.67. The summed E-state index contributed by atoms with van der Waals surface area (Å²) in [5.74, 6) is 0.287. The van der Waals surface area contributed by atoms with Gasteiger partial charge >= 0.3 is 0 Å². The van der Waals surface area contributed by atoms with Crippen molar-refractivity contribution in [2.24, 2.45) is 11.3 Å². The van der Waals surface area contributed by atoms with E-state index in [9.17, 15) is 9.59 Å². The lowest BCUT2D eigenvalue weighted by Crippen LogP contribution is -2.45. The molecular formula is C12H21NO2. The van der Waals surface area contributed by atoms with Crippen LogP contribution < -0.4 is 0 Å². The van der Waals surface area contributed by atoms with Crippen molar-refractivity contribution in [3.05, 3.63) is 0 Å². The Morgan fingerprint density at radius 2 is 2.00 bits per heavy atom. The first-order valence-electron chi connectivity index (χ1n) is 5.63. The Labute approximate surface area is 91.8 Å². The van der Waals surface area contributed by atoms with E-state index in [1.165, 1.54) is 0 Å². The smallest absolute Gasteiger partial charge is 0.226 e. The second kappa shape index (κ2) is 4.33. The zero-order valence-corrected chi connectivity index (χ0v) is 10.2. The normalized spacial score (nSPS) is 20.3. The predicted octanol–water partition coefficient (Wildman–Crippen LogP) is 1.86. The van der Waals surface area contributed by atoms with E-state index < -0.39 is 0 Å². The number of piperidine rings is 1. The first-order valence-corrected chi connectivity index (χ1v) is 5.63. The van der Waals surface area contributed by atoms with Crippen LogP contribution in [0.2, 0.25) is 0 Å². The van der Waals surface area contributed by atoms with Gasteiger partial charge in [-0.3, -0.25) is 9.59 Å². The molecule has 3 nitrogen and oxygen atoms in total. The van der Waals surface area contributed by atoms with Crippen LogP contribution in [0.25, 0.3) is 0 Å². The second-order valence-electron chi connectivity index (χ2n) is 5.49. The lowest BCUT2D eigenvalue weighted by Gasteiger charge is -2.33. The molecule has 1 rings (SSSR count). The highest BCUT2D eigenvalue weighted by molar-refractivity contribution is 5.88. The minimum atomic E-state index is -0.0302. The number of ketones is 1. The van der Waals surface area contributed by atoms with Crippen molar-refractivity contribution in [1.82, 2.24) is 4.90 Å². The first kappa shape index (κ1) is 12.2. The Morgan fingerprint density at radius 1 is 1.40 bits per heavy atom. The number of rotatable bonds is 1. The summed E-state index contributed by atoms with van der Waals surface area (Å²) in [4.78, 5) is 25.0. The van der Waals surface area contributed by atoms with Crippen molar-refractivity contribution in [3.8, 4) is 0 Å². The van der Waals surface area contributed by atoms with Gasteiger partial charge in [0.1, 0.15) is 0 Å². The van der Waals surface area contributed by atoms with E-state index in [1.54, 1.807) is 4.90 Å². The highest BCUT2D eigenvalue weighted by Gasteiger charge is 2.32. The van der Waals surface area contributed by atoms with E-state index in [0.717, 1.165) is 13.0 Å². The van der Waals surface area contributed by atoms with Crippen LogP contribution in [-0.2, 0) is 9.59 Å². The number of likely N-dealkylation sites (tertiary alicyclic amines) is 1.